The Hall–Kier alpha value is -1.25. The van der Waals surface area contributed by atoms with E-state index in [1.807, 2.05) is 0 Å². The third kappa shape index (κ3) is 1.10. The molecule has 0 aromatic carbocycles. The Bertz CT molecular complexity index is 193. The molecule has 0 unspecified atom stereocenters. The van der Waals surface area contributed by atoms with Crippen molar-refractivity contribution in [2.75, 3.05) is 7.05 Å². The van der Waals surface area contributed by atoms with Crippen LogP contribution in [0, 0.1) is 0 Å². The van der Waals surface area contributed by atoms with Gasteiger partial charge in [0.15, 0.2) is 5.76 Å². The molecule has 9 heavy (non-hydrogen) atoms. The summed E-state index contributed by atoms with van der Waals surface area (Å²) in [5.74, 6) is 0.125. The average Bonchev–Trinajstić information content (AvgIpc) is 1.80. The molecule has 1 aliphatic heterocycles. The second kappa shape index (κ2) is 1.93. The molecular weight excluding hydrogens is 116 g/mol. The molecule has 0 spiro atoms. The standard InChI is InChI=1S/C6H8N2O/c1-5-6(9)3-8(2)4-7-5/h3-4,9H,1H2,2H3. The molecule has 3 nitrogen and oxygen atoms in total. The fourth-order valence-electron chi connectivity index (χ4n) is 0.528. The van der Waals surface area contributed by atoms with Crippen LogP contribution in [0.5, 0.6) is 0 Å². The van der Waals surface area contributed by atoms with E-state index in [1.165, 1.54) is 0 Å². The van der Waals surface area contributed by atoms with E-state index in [0.29, 0.717) is 5.70 Å². The lowest BCUT2D eigenvalue weighted by Gasteiger charge is -2.12. The maximum Gasteiger partial charge on any atom is 0.156 e. The highest BCUT2D eigenvalue weighted by Gasteiger charge is 2.02. The average molecular weight is 124 g/mol. The van der Waals surface area contributed by atoms with E-state index >= 15 is 0 Å². The third-order valence-electron chi connectivity index (χ3n) is 1.02. The summed E-state index contributed by atoms with van der Waals surface area (Å²) in [7, 11) is 1.78. The van der Waals surface area contributed by atoms with Gasteiger partial charge in [-0.15, -0.1) is 0 Å². The van der Waals surface area contributed by atoms with Crippen molar-refractivity contribution in [3.63, 3.8) is 0 Å². The van der Waals surface area contributed by atoms with Crippen molar-refractivity contribution in [2.45, 2.75) is 0 Å². The topological polar surface area (TPSA) is 35.8 Å². The molecule has 1 rings (SSSR count). The van der Waals surface area contributed by atoms with E-state index in [4.69, 9.17) is 5.11 Å². The van der Waals surface area contributed by atoms with Crippen molar-refractivity contribution < 1.29 is 5.11 Å². The maximum absolute atomic E-state index is 8.95. The van der Waals surface area contributed by atoms with Crippen molar-refractivity contribution in [3.05, 3.63) is 24.2 Å². The van der Waals surface area contributed by atoms with E-state index in [2.05, 4.69) is 11.6 Å². The highest BCUT2D eigenvalue weighted by molar-refractivity contribution is 5.61. The predicted octanol–water partition coefficient (Wildman–Crippen LogP) is 0.873. The first-order chi connectivity index (χ1) is 4.20. The fraction of sp³-hybridized carbons (Fsp3) is 0.167. The van der Waals surface area contributed by atoms with Gasteiger partial charge in [0, 0.05) is 13.2 Å². The number of aliphatic hydroxyl groups is 1. The lowest BCUT2D eigenvalue weighted by atomic mass is 10.4. The lowest BCUT2D eigenvalue weighted by molar-refractivity contribution is 0.405. The van der Waals surface area contributed by atoms with E-state index in [0.717, 1.165) is 0 Å². The minimum atomic E-state index is 0.125. The van der Waals surface area contributed by atoms with Crippen molar-refractivity contribution in [3.8, 4) is 0 Å². The molecule has 0 amide bonds. The summed E-state index contributed by atoms with van der Waals surface area (Å²) in [6, 6.07) is 0. The molecule has 3 heteroatoms. The number of nitrogens with zero attached hydrogens (tertiary/aromatic N) is 2. The van der Waals surface area contributed by atoms with Crippen LogP contribution in [0.2, 0.25) is 0 Å². The quantitative estimate of drug-likeness (QED) is 0.520. The molecule has 0 atom stereocenters. The highest BCUT2D eigenvalue weighted by atomic mass is 16.3. The smallest absolute Gasteiger partial charge is 0.156 e. The van der Waals surface area contributed by atoms with Gasteiger partial charge >= 0.3 is 0 Å². The SMILES string of the molecule is C=C1N=CN(C)C=C1O. The molecule has 0 aliphatic carbocycles. The summed E-state index contributed by atoms with van der Waals surface area (Å²) < 4.78 is 0. The molecule has 0 saturated carbocycles. The number of aliphatic hydroxyl groups excluding tert-OH is 1. The zero-order chi connectivity index (χ0) is 6.85. The Morgan fingerprint density at radius 1 is 1.78 bits per heavy atom. The van der Waals surface area contributed by atoms with Crippen molar-refractivity contribution >= 4 is 6.34 Å². The van der Waals surface area contributed by atoms with E-state index in [-0.39, 0.29) is 5.76 Å². The summed E-state index contributed by atoms with van der Waals surface area (Å²) in [6.45, 7) is 3.49. The molecule has 0 saturated heterocycles. The molecule has 0 bridgehead atoms. The largest absolute Gasteiger partial charge is 0.504 e. The third-order valence-corrected chi connectivity index (χ3v) is 1.02. The Morgan fingerprint density at radius 2 is 2.44 bits per heavy atom. The Balaban J connectivity index is 2.82. The highest BCUT2D eigenvalue weighted by Crippen LogP contribution is 2.08. The van der Waals surface area contributed by atoms with Crippen LogP contribution < -0.4 is 0 Å². The van der Waals surface area contributed by atoms with Crippen LogP contribution in [-0.4, -0.2) is 23.4 Å². The fourth-order valence-corrected chi connectivity index (χ4v) is 0.528. The Kier molecular flexibility index (Phi) is 1.26. The predicted molar refractivity (Wildman–Crippen MR) is 36.1 cm³/mol. The molecule has 0 aromatic heterocycles. The van der Waals surface area contributed by atoms with Crippen LogP contribution in [0.4, 0.5) is 0 Å². The van der Waals surface area contributed by atoms with Gasteiger partial charge in [0.2, 0.25) is 0 Å². The number of rotatable bonds is 0. The van der Waals surface area contributed by atoms with Crippen LogP contribution in [-0.2, 0) is 0 Å². The van der Waals surface area contributed by atoms with Gasteiger partial charge in [0.1, 0.15) is 5.70 Å². The van der Waals surface area contributed by atoms with Crippen LogP contribution >= 0.6 is 0 Å². The van der Waals surface area contributed by atoms with Gasteiger partial charge in [-0.3, -0.25) is 0 Å². The van der Waals surface area contributed by atoms with Crippen LogP contribution in [0.1, 0.15) is 0 Å². The molecule has 0 radical (unpaired) electrons. The number of hydrogen-bond acceptors (Lipinski definition) is 3. The molecule has 1 N–H and O–H groups in total. The minimum Gasteiger partial charge on any atom is -0.504 e. The summed E-state index contributed by atoms with van der Waals surface area (Å²) in [4.78, 5) is 5.44. The van der Waals surface area contributed by atoms with Crippen LogP contribution in [0.25, 0.3) is 0 Å². The zero-order valence-corrected chi connectivity index (χ0v) is 5.20. The minimum absolute atomic E-state index is 0.125. The second-order valence-corrected chi connectivity index (χ2v) is 1.87. The summed E-state index contributed by atoms with van der Waals surface area (Å²) in [6.07, 6.45) is 3.14. The number of aliphatic imine (C=N–C) groups is 1. The Morgan fingerprint density at radius 3 is 2.89 bits per heavy atom. The molecular formula is C6H8N2O. The van der Waals surface area contributed by atoms with Gasteiger partial charge in [-0.25, -0.2) is 4.99 Å². The Labute approximate surface area is 53.6 Å². The van der Waals surface area contributed by atoms with E-state index in [9.17, 15) is 0 Å². The molecule has 1 heterocycles. The molecule has 0 aromatic rings. The molecule has 48 valence electrons. The van der Waals surface area contributed by atoms with E-state index < -0.39 is 0 Å². The normalized spacial score (nSPS) is 18.1. The van der Waals surface area contributed by atoms with Gasteiger partial charge in [-0.1, -0.05) is 6.58 Å². The summed E-state index contributed by atoms with van der Waals surface area (Å²) in [5, 5.41) is 8.95. The van der Waals surface area contributed by atoms with Gasteiger partial charge < -0.3 is 10.0 Å². The first kappa shape index (κ1) is 5.88. The van der Waals surface area contributed by atoms with Crippen LogP contribution in [0.15, 0.2) is 29.2 Å². The van der Waals surface area contributed by atoms with Gasteiger partial charge in [0.25, 0.3) is 0 Å². The first-order valence-corrected chi connectivity index (χ1v) is 2.56. The van der Waals surface area contributed by atoms with Gasteiger partial charge in [0.05, 0.1) is 6.34 Å². The zero-order valence-electron chi connectivity index (χ0n) is 5.20. The lowest BCUT2D eigenvalue weighted by Crippen LogP contribution is -2.12. The maximum atomic E-state index is 8.95. The second-order valence-electron chi connectivity index (χ2n) is 1.87. The molecule has 1 aliphatic rings. The van der Waals surface area contributed by atoms with E-state index in [1.54, 1.807) is 24.5 Å². The first-order valence-electron chi connectivity index (χ1n) is 2.56. The molecule has 0 fully saturated rings. The van der Waals surface area contributed by atoms with Gasteiger partial charge in [-0.2, -0.15) is 0 Å². The van der Waals surface area contributed by atoms with Crippen LogP contribution in [0.3, 0.4) is 0 Å². The number of hydrogen-bond donors (Lipinski definition) is 1. The summed E-state index contributed by atoms with van der Waals surface area (Å²) in [5.41, 5.74) is 0.410. The van der Waals surface area contributed by atoms with Crippen molar-refractivity contribution in [2.24, 2.45) is 4.99 Å². The summed E-state index contributed by atoms with van der Waals surface area (Å²) >= 11 is 0. The van der Waals surface area contributed by atoms with Gasteiger partial charge in [-0.05, 0) is 0 Å². The van der Waals surface area contributed by atoms with Crippen molar-refractivity contribution in [1.29, 1.82) is 0 Å². The van der Waals surface area contributed by atoms with Crippen molar-refractivity contribution in [1.82, 2.24) is 4.90 Å². The monoisotopic (exact) mass is 124 g/mol.